The summed E-state index contributed by atoms with van der Waals surface area (Å²) in [6.45, 7) is 14.3. The van der Waals surface area contributed by atoms with Crippen LogP contribution in [0.3, 0.4) is 0 Å². The van der Waals surface area contributed by atoms with Gasteiger partial charge in [-0.1, -0.05) is 396 Å². The fraction of sp³-hybridized carbons (Fsp3) is 0.953. The summed E-state index contributed by atoms with van der Waals surface area (Å²) in [7, 11) is -9.93. The van der Waals surface area contributed by atoms with Gasteiger partial charge < -0.3 is 33.8 Å². The molecule has 0 aromatic carbocycles. The second kappa shape index (κ2) is 74.8. The summed E-state index contributed by atoms with van der Waals surface area (Å²) in [6.07, 6.45) is 63.9. The van der Waals surface area contributed by atoms with Gasteiger partial charge in [0.25, 0.3) is 0 Å². The summed E-state index contributed by atoms with van der Waals surface area (Å²) in [5.41, 5.74) is 0. The molecule has 3 N–H and O–H groups in total. The molecule has 19 heteroatoms. The van der Waals surface area contributed by atoms with Crippen LogP contribution in [0.4, 0.5) is 0 Å². The Morgan fingerprint density at radius 3 is 0.676 bits per heavy atom. The number of esters is 4. The Balaban J connectivity index is 5.22. The van der Waals surface area contributed by atoms with Crippen LogP contribution >= 0.6 is 15.6 Å². The van der Waals surface area contributed by atoms with E-state index in [1.807, 2.05) is 0 Å². The van der Waals surface area contributed by atoms with Gasteiger partial charge in [-0.3, -0.25) is 37.3 Å². The van der Waals surface area contributed by atoms with Crippen molar-refractivity contribution in [1.29, 1.82) is 0 Å². The van der Waals surface area contributed by atoms with E-state index in [9.17, 15) is 43.2 Å². The standard InChI is InChI=1S/C86H168O17P2/c1-9-79(8)65-57-49-41-33-27-21-14-12-10-11-13-15-22-28-34-42-50-58-66-83(88)96-72-81(102-85(90)68-60-52-43-35-29-23-17-16-19-25-31-38-46-54-62-76(2)3)74-100-104(92,93)98-70-80(87)71-99-105(94,95)101-75-82(73-97-84(89)67-59-51-45-37-40-48-56-64-78(6)7)103-86(91)69-61-53-44-36-30-24-18-20-26-32-39-47-55-63-77(4)5/h76-82,87H,9-75H2,1-8H3,(H,92,93)(H,94,95)/t79?,80?,81-,82-/m1/s1. The fourth-order valence-electron chi connectivity index (χ4n) is 13.3. The van der Waals surface area contributed by atoms with Gasteiger partial charge in [0.15, 0.2) is 12.2 Å². The average molecular weight is 1540 g/mol. The Labute approximate surface area is 645 Å². The first-order chi connectivity index (χ1) is 50.6. The summed E-state index contributed by atoms with van der Waals surface area (Å²) >= 11 is 0. The van der Waals surface area contributed by atoms with Crippen molar-refractivity contribution in [2.75, 3.05) is 39.6 Å². The molecule has 0 aliphatic heterocycles. The lowest BCUT2D eigenvalue weighted by Gasteiger charge is -2.21. The molecule has 0 aromatic rings. The van der Waals surface area contributed by atoms with Crippen molar-refractivity contribution >= 4 is 39.5 Å². The smallest absolute Gasteiger partial charge is 0.462 e. The molecular weight excluding hydrogens is 1370 g/mol. The van der Waals surface area contributed by atoms with E-state index in [2.05, 4.69) is 55.4 Å². The highest BCUT2D eigenvalue weighted by molar-refractivity contribution is 7.47. The molecule has 0 amide bonds. The van der Waals surface area contributed by atoms with Crippen LogP contribution < -0.4 is 0 Å². The number of unbranched alkanes of at least 4 members (excludes halogenated alkanes) is 48. The number of phosphoric acid groups is 2. The number of carbonyl (C=O) groups is 4. The molecule has 0 spiro atoms. The molecule has 0 aliphatic rings. The maximum Gasteiger partial charge on any atom is 0.472 e. The second-order valence-electron chi connectivity index (χ2n) is 32.6. The van der Waals surface area contributed by atoms with Gasteiger partial charge in [-0.05, 0) is 49.4 Å². The molecule has 0 bridgehead atoms. The monoisotopic (exact) mass is 1540 g/mol. The lowest BCUT2D eigenvalue weighted by atomic mass is 9.99. The van der Waals surface area contributed by atoms with Crippen molar-refractivity contribution in [3.05, 3.63) is 0 Å². The van der Waals surface area contributed by atoms with Crippen molar-refractivity contribution in [3.8, 4) is 0 Å². The third-order valence-corrected chi connectivity index (χ3v) is 22.3. The van der Waals surface area contributed by atoms with Gasteiger partial charge >= 0.3 is 39.5 Å². The summed E-state index contributed by atoms with van der Waals surface area (Å²) in [6, 6.07) is 0. The van der Waals surface area contributed by atoms with Crippen LogP contribution in [0.5, 0.6) is 0 Å². The topological polar surface area (TPSA) is 237 Å². The largest absolute Gasteiger partial charge is 0.472 e. The predicted molar refractivity (Wildman–Crippen MR) is 432 cm³/mol. The molecule has 0 rings (SSSR count). The van der Waals surface area contributed by atoms with Crippen molar-refractivity contribution < 1.29 is 80.2 Å². The van der Waals surface area contributed by atoms with Gasteiger partial charge in [0.05, 0.1) is 26.4 Å². The lowest BCUT2D eigenvalue weighted by molar-refractivity contribution is -0.161. The van der Waals surface area contributed by atoms with Gasteiger partial charge in [-0.2, -0.15) is 0 Å². The fourth-order valence-corrected chi connectivity index (χ4v) is 14.9. The number of carbonyl (C=O) groups excluding carboxylic acids is 4. The van der Waals surface area contributed by atoms with Gasteiger partial charge in [-0.15, -0.1) is 0 Å². The maximum atomic E-state index is 13.1. The van der Waals surface area contributed by atoms with Crippen LogP contribution in [0, 0.1) is 23.7 Å². The lowest BCUT2D eigenvalue weighted by Crippen LogP contribution is -2.30. The highest BCUT2D eigenvalue weighted by Gasteiger charge is 2.31. The van der Waals surface area contributed by atoms with Crippen LogP contribution in [-0.4, -0.2) is 96.7 Å². The molecule has 6 atom stereocenters. The van der Waals surface area contributed by atoms with E-state index in [1.165, 1.54) is 244 Å². The summed E-state index contributed by atoms with van der Waals surface area (Å²) in [5.74, 6) is 1.05. The highest BCUT2D eigenvalue weighted by Crippen LogP contribution is 2.45. The molecule has 105 heavy (non-hydrogen) atoms. The molecule has 4 unspecified atom stereocenters. The first-order valence-corrected chi connectivity index (χ1v) is 47.2. The molecule has 0 fully saturated rings. The first kappa shape index (κ1) is 103. The van der Waals surface area contributed by atoms with E-state index in [0.29, 0.717) is 31.6 Å². The summed E-state index contributed by atoms with van der Waals surface area (Å²) < 4.78 is 68.9. The quantitative estimate of drug-likeness (QED) is 0.0222. The van der Waals surface area contributed by atoms with Crippen molar-refractivity contribution in [2.24, 2.45) is 23.7 Å². The van der Waals surface area contributed by atoms with E-state index in [1.54, 1.807) is 0 Å². The minimum atomic E-state index is -4.97. The molecule has 0 saturated carbocycles. The molecule has 0 aromatic heterocycles. The van der Waals surface area contributed by atoms with E-state index in [4.69, 9.17) is 37.0 Å². The minimum Gasteiger partial charge on any atom is -0.462 e. The normalized spacial score (nSPS) is 14.2. The molecule has 0 saturated heterocycles. The van der Waals surface area contributed by atoms with Gasteiger partial charge in [0, 0.05) is 25.7 Å². The number of rotatable bonds is 83. The molecule has 624 valence electrons. The Morgan fingerprint density at radius 2 is 0.457 bits per heavy atom. The van der Waals surface area contributed by atoms with E-state index < -0.39 is 97.5 Å². The first-order valence-electron chi connectivity index (χ1n) is 44.2. The molecule has 0 heterocycles. The van der Waals surface area contributed by atoms with Crippen molar-refractivity contribution in [2.45, 2.75) is 465 Å². The third-order valence-electron chi connectivity index (χ3n) is 20.4. The zero-order chi connectivity index (χ0) is 77.4. The predicted octanol–water partition coefficient (Wildman–Crippen LogP) is 25.9. The zero-order valence-electron chi connectivity index (χ0n) is 69.4. The Morgan fingerprint density at radius 1 is 0.267 bits per heavy atom. The Kier molecular flexibility index (Phi) is 73.4. The SMILES string of the molecule is CCC(C)CCCCCCCCCCCCCCCCCCCCC(=O)OC[C@H](COP(=O)(O)OCC(O)COP(=O)(O)OC[C@@H](COC(=O)CCCCCCCCCC(C)C)OC(=O)CCCCCCCCCCCCCCCC(C)C)OC(=O)CCCCCCCCCCCCCCCCC(C)C. The van der Waals surface area contributed by atoms with Crippen LogP contribution in [0.15, 0.2) is 0 Å². The number of hydrogen-bond acceptors (Lipinski definition) is 15. The van der Waals surface area contributed by atoms with Crippen molar-refractivity contribution in [1.82, 2.24) is 0 Å². The summed E-state index contributed by atoms with van der Waals surface area (Å²) in [5, 5.41) is 10.7. The number of ether oxygens (including phenoxy) is 4. The molecular formula is C86H168O17P2. The zero-order valence-corrected chi connectivity index (χ0v) is 71.2. The number of aliphatic hydroxyl groups excluding tert-OH is 1. The molecule has 0 aliphatic carbocycles. The number of aliphatic hydroxyl groups is 1. The molecule has 0 radical (unpaired) electrons. The van der Waals surface area contributed by atoms with Crippen molar-refractivity contribution in [3.63, 3.8) is 0 Å². The van der Waals surface area contributed by atoms with E-state index in [0.717, 1.165) is 114 Å². The summed E-state index contributed by atoms with van der Waals surface area (Å²) in [4.78, 5) is 73.2. The Bertz CT molecular complexity index is 2040. The average Bonchev–Trinajstić information content (AvgIpc) is 0.905. The van der Waals surface area contributed by atoms with Gasteiger partial charge in [0.1, 0.15) is 19.3 Å². The highest BCUT2D eigenvalue weighted by atomic mass is 31.2. The third kappa shape index (κ3) is 78.5. The number of phosphoric ester groups is 2. The van der Waals surface area contributed by atoms with E-state index in [-0.39, 0.29) is 25.7 Å². The van der Waals surface area contributed by atoms with E-state index >= 15 is 0 Å². The van der Waals surface area contributed by atoms with Crippen LogP contribution in [0.2, 0.25) is 0 Å². The Hall–Kier alpha value is -1.94. The minimum absolute atomic E-state index is 0.106. The van der Waals surface area contributed by atoms with Crippen LogP contribution in [0.25, 0.3) is 0 Å². The maximum absolute atomic E-state index is 13.1. The van der Waals surface area contributed by atoms with Gasteiger partial charge in [0.2, 0.25) is 0 Å². The van der Waals surface area contributed by atoms with Gasteiger partial charge in [-0.25, -0.2) is 9.13 Å². The van der Waals surface area contributed by atoms with Crippen LogP contribution in [0.1, 0.15) is 447 Å². The van der Waals surface area contributed by atoms with Crippen LogP contribution in [-0.2, 0) is 65.4 Å². The number of hydrogen-bond donors (Lipinski definition) is 3. The molecule has 17 nitrogen and oxygen atoms in total. The second-order valence-corrected chi connectivity index (χ2v) is 35.5.